The van der Waals surface area contributed by atoms with E-state index in [1.54, 1.807) is 6.92 Å². The molecule has 1 aromatic carbocycles. The summed E-state index contributed by atoms with van der Waals surface area (Å²) in [5.41, 5.74) is 2.42. The number of rotatable bonds is 6. The van der Waals surface area contributed by atoms with Gasteiger partial charge in [0.25, 0.3) is 0 Å². The molecule has 3 nitrogen and oxygen atoms in total. The van der Waals surface area contributed by atoms with Crippen LogP contribution in [-0.2, 0) is 16.1 Å². The third-order valence-electron chi connectivity index (χ3n) is 4.37. The maximum absolute atomic E-state index is 11.5. The summed E-state index contributed by atoms with van der Waals surface area (Å²) in [7, 11) is 0. The predicted molar refractivity (Wildman–Crippen MR) is 109 cm³/mol. The molecule has 0 saturated heterocycles. The molecule has 3 heteroatoms. The molecule has 0 N–H and O–H groups in total. The van der Waals surface area contributed by atoms with E-state index in [0.29, 0.717) is 31.1 Å². The second-order valence-electron chi connectivity index (χ2n) is 7.34. The molecule has 0 fully saturated rings. The van der Waals surface area contributed by atoms with Gasteiger partial charge in [-0.15, -0.1) is 6.42 Å². The first-order valence-corrected chi connectivity index (χ1v) is 9.35. The Morgan fingerprint density at radius 2 is 2.00 bits per heavy atom. The van der Waals surface area contributed by atoms with E-state index in [9.17, 15) is 4.79 Å². The van der Waals surface area contributed by atoms with Crippen LogP contribution in [0.3, 0.4) is 0 Å². The van der Waals surface area contributed by atoms with Crippen LogP contribution < -0.4 is 0 Å². The predicted octanol–water partition coefficient (Wildman–Crippen LogP) is 4.60. The summed E-state index contributed by atoms with van der Waals surface area (Å²) < 4.78 is 5.17. The van der Waals surface area contributed by atoms with Gasteiger partial charge in [0.1, 0.15) is 6.61 Å². The summed E-state index contributed by atoms with van der Waals surface area (Å²) in [5.74, 6) is 3.69. The highest BCUT2D eigenvalue weighted by Crippen LogP contribution is 2.24. The van der Waals surface area contributed by atoms with E-state index < -0.39 is 0 Å². The highest BCUT2D eigenvalue weighted by Gasteiger charge is 2.27. The summed E-state index contributed by atoms with van der Waals surface area (Å²) in [6, 6.07) is 8.62. The van der Waals surface area contributed by atoms with Crippen molar-refractivity contribution in [3.8, 4) is 12.3 Å². The molecule has 0 heterocycles. The van der Waals surface area contributed by atoms with Crippen LogP contribution in [0.4, 0.5) is 0 Å². The Bertz CT molecular complexity index is 610. The van der Waals surface area contributed by atoms with Crippen LogP contribution in [-0.4, -0.2) is 30.0 Å². The van der Waals surface area contributed by atoms with Crippen molar-refractivity contribution in [2.45, 2.75) is 53.7 Å². The van der Waals surface area contributed by atoms with Gasteiger partial charge in [-0.05, 0) is 30.7 Å². The van der Waals surface area contributed by atoms with Crippen LogP contribution in [0.25, 0.3) is 0 Å². The zero-order valence-corrected chi connectivity index (χ0v) is 16.9. The highest BCUT2D eigenvalue weighted by atomic mass is 16.5. The van der Waals surface area contributed by atoms with Crippen LogP contribution in [0.5, 0.6) is 0 Å². The molecule has 0 saturated carbocycles. The minimum absolute atomic E-state index is 0.208. The Morgan fingerprint density at radius 1 is 1.35 bits per heavy atom. The molecule has 0 aromatic heterocycles. The van der Waals surface area contributed by atoms with Crippen LogP contribution in [0, 0.1) is 31.1 Å². The van der Waals surface area contributed by atoms with E-state index >= 15 is 0 Å². The van der Waals surface area contributed by atoms with Crippen molar-refractivity contribution in [2.24, 2.45) is 11.8 Å². The first-order chi connectivity index (χ1) is 12.3. The maximum atomic E-state index is 11.5. The molecule has 1 aliphatic rings. The number of carbonyl (C=O) groups is 1. The fourth-order valence-corrected chi connectivity index (χ4v) is 2.99. The van der Waals surface area contributed by atoms with Gasteiger partial charge in [-0.3, -0.25) is 4.79 Å². The lowest BCUT2D eigenvalue weighted by molar-refractivity contribution is -0.132. The number of hydrogen-bond acceptors (Lipinski definition) is 2. The van der Waals surface area contributed by atoms with Crippen molar-refractivity contribution in [3.63, 3.8) is 0 Å². The molecule has 2 atom stereocenters. The van der Waals surface area contributed by atoms with Gasteiger partial charge < -0.3 is 9.64 Å². The van der Waals surface area contributed by atoms with Gasteiger partial charge >= 0.3 is 0 Å². The number of benzene rings is 1. The molecule has 142 valence electrons. The van der Waals surface area contributed by atoms with Gasteiger partial charge in [0, 0.05) is 19.5 Å². The third kappa shape index (κ3) is 7.89. The number of amides is 1. The maximum Gasteiger partial charge on any atom is 0.219 e. The fourth-order valence-electron chi connectivity index (χ4n) is 2.99. The van der Waals surface area contributed by atoms with Crippen molar-refractivity contribution in [2.75, 3.05) is 13.2 Å². The number of nitrogens with zero attached hydrogens (tertiary/aromatic N) is 1. The Balaban J connectivity index is 0.000000263. The molecule has 2 unspecified atom stereocenters. The molecule has 1 aromatic rings. The fraction of sp³-hybridized carbons (Fsp3) is 0.522. The smallest absolute Gasteiger partial charge is 0.219 e. The van der Waals surface area contributed by atoms with Crippen LogP contribution in [0.1, 0.15) is 45.2 Å². The van der Waals surface area contributed by atoms with Crippen LogP contribution in [0.2, 0.25) is 0 Å². The first-order valence-electron chi connectivity index (χ1n) is 9.35. The first kappa shape index (κ1) is 22.0. The van der Waals surface area contributed by atoms with Gasteiger partial charge in [-0.25, -0.2) is 0 Å². The lowest BCUT2D eigenvalue weighted by Crippen LogP contribution is -2.42. The zero-order valence-electron chi connectivity index (χ0n) is 16.9. The van der Waals surface area contributed by atoms with Gasteiger partial charge in [0.05, 0.1) is 6.61 Å². The highest BCUT2D eigenvalue weighted by molar-refractivity contribution is 5.73. The number of hydrogen-bond donors (Lipinski definition) is 0. The molecule has 0 spiro atoms. The van der Waals surface area contributed by atoms with E-state index in [2.05, 4.69) is 57.9 Å². The van der Waals surface area contributed by atoms with Crippen molar-refractivity contribution in [1.29, 1.82) is 0 Å². The number of ether oxygens (including phenoxy) is 1. The van der Waals surface area contributed by atoms with Crippen molar-refractivity contribution in [1.82, 2.24) is 4.90 Å². The normalized spacial score (nSPS) is 18.2. The average molecular weight is 356 g/mol. The SMILES string of the molecule is C#CCOCc1ccc(C)cc1.CC(=O)N(CC(C)C)C1CC=CC1C. The molecule has 2 rings (SSSR count). The van der Waals surface area contributed by atoms with Crippen molar-refractivity contribution in [3.05, 3.63) is 47.5 Å². The average Bonchev–Trinajstić information content (AvgIpc) is 3.01. The van der Waals surface area contributed by atoms with E-state index in [1.807, 2.05) is 17.0 Å². The monoisotopic (exact) mass is 355 g/mol. The quantitative estimate of drug-likeness (QED) is 0.424. The second-order valence-corrected chi connectivity index (χ2v) is 7.34. The molecule has 0 bridgehead atoms. The molecule has 1 aliphatic carbocycles. The van der Waals surface area contributed by atoms with Crippen LogP contribution >= 0.6 is 0 Å². The summed E-state index contributed by atoms with van der Waals surface area (Å²) in [4.78, 5) is 13.5. The van der Waals surface area contributed by atoms with E-state index in [1.165, 1.54) is 5.56 Å². The van der Waals surface area contributed by atoms with Gasteiger partial charge in [-0.2, -0.15) is 0 Å². The molecule has 0 aliphatic heterocycles. The zero-order chi connectivity index (χ0) is 19.5. The standard InChI is InChI=1S/C12H21NO.C11H12O/c1-9(2)8-13(11(4)14)12-7-5-6-10(12)3;1-3-8-12-9-11-6-4-10(2)5-7-11/h5-6,9-10,12H,7-8H2,1-4H3;1,4-7H,8-9H2,2H3. The molecule has 1 amide bonds. The largest absolute Gasteiger partial charge is 0.364 e. The van der Waals surface area contributed by atoms with Crippen molar-refractivity contribution >= 4 is 5.91 Å². The van der Waals surface area contributed by atoms with Gasteiger partial charge in [-0.1, -0.05) is 68.7 Å². The Labute approximate surface area is 159 Å². The summed E-state index contributed by atoms with van der Waals surface area (Å²) in [6.45, 7) is 12.1. The molecular weight excluding hydrogens is 322 g/mol. The Morgan fingerprint density at radius 3 is 2.46 bits per heavy atom. The minimum atomic E-state index is 0.208. The third-order valence-corrected chi connectivity index (χ3v) is 4.37. The number of aryl methyl sites for hydroxylation is 1. The summed E-state index contributed by atoms with van der Waals surface area (Å²) in [6.07, 6.45) is 10.5. The molecule has 0 radical (unpaired) electrons. The lowest BCUT2D eigenvalue weighted by atomic mass is 10.0. The second kappa shape index (κ2) is 11.5. The summed E-state index contributed by atoms with van der Waals surface area (Å²) >= 11 is 0. The van der Waals surface area contributed by atoms with Gasteiger partial charge in [0.2, 0.25) is 5.91 Å². The van der Waals surface area contributed by atoms with E-state index in [-0.39, 0.29) is 5.91 Å². The Hall–Kier alpha value is -2.05. The number of carbonyl (C=O) groups excluding carboxylic acids is 1. The van der Waals surface area contributed by atoms with Gasteiger partial charge in [0.15, 0.2) is 0 Å². The number of terminal acetylenes is 1. The minimum Gasteiger partial charge on any atom is -0.364 e. The van der Waals surface area contributed by atoms with E-state index in [4.69, 9.17) is 11.2 Å². The molecule has 26 heavy (non-hydrogen) atoms. The van der Waals surface area contributed by atoms with E-state index in [0.717, 1.165) is 18.5 Å². The topological polar surface area (TPSA) is 29.5 Å². The Kier molecular flexibility index (Phi) is 9.76. The summed E-state index contributed by atoms with van der Waals surface area (Å²) in [5, 5.41) is 0. The van der Waals surface area contributed by atoms with Crippen molar-refractivity contribution < 1.29 is 9.53 Å². The lowest BCUT2D eigenvalue weighted by Gasteiger charge is -2.32. The van der Waals surface area contributed by atoms with Crippen LogP contribution in [0.15, 0.2) is 36.4 Å². The molecular formula is C23H33NO2.